The molecular formula is C7H13NO. The zero-order chi connectivity index (χ0) is 7.02. The van der Waals surface area contributed by atoms with Crippen molar-refractivity contribution in [3.63, 3.8) is 0 Å². The number of hydrogen-bond donors (Lipinski definition) is 0. The summed E-state index contributed by atoms with van der Waals surface area (Å²) < 4.78 is 0. The lowest BCUT2D eigenvalue weighted by atomic mass is 10.3. The van der Waals surface area contributed by atoms with Crippen molar-refractivity contribution in [3.05, 3.63) is 0 Å². The molecule has 0 radical (unpaired) electrons. The van der Waals surface area contributed by atoms with E-state index in [2.05, 4.69) is 6.92 Å². The molecule has 1 saturated carbocycles. The van der Waals surface area contributed by atoms with Crippen molar-refractivity contribution in [2.45, 2.75) is 13.3 Å². The predicted molar refractivity (Wildman–Crippen MR) is 36.0 cm³/mol. The van der Waals surface area contributed by atoms with Gasteiger partial charge in [0.05, 0.1) is 0 Å². The fourth-order valence-electron chi connectivity index (χ4n) is 0.998. The van der Waals surface area contributed by atoms with E-state index in [0.29, 0.717) is 17.7 Å². The summed E-state index contributed by atoms with van der Waals surface area (Å²) in [4.78, 5) is 12.7. The van der Waals surface area contributed by atoms with Gasteiger partial charge in [-0.1, -0.05) is 6.92 Å². The van der Waals surface area contributed by atoms with Gasteiger partial charge in [-0.2, -0.15) is 0 Å². The van der Waals surface area contributed by atoms with Crippen LogP contribution >= 0.6 is 0 Å². The van der Waals surface area contributed by atoms with Crippen LogP contribution in [0.1, 0.15) is 13.3 Å². The van der Waals surface area contributed by atoms with Crippen molar-refractivity contribution in [2.75, 3.05) is 14.1 Å². The number of hydrogen-bond acceptors (Lipinski definition) is 1. The van der Waals surface area contributed by atoms with E-state index in [4.69, 9.17) is 0 Å². The molecule has 2 nitrogen and oxygen atoms in total. The van der Waals surface area contributed by atoms with Gasteiger partial charge in [-0.25, -0.2) is 0 Å². The Morgan fingerprint density at radius 3 is 2.11 bits per heavy atom. The van der Waals surface area contributed by atoms with E-state index in [9.17, 15) is 4.79 Å². The summed E-state index contributed by atoms with van der Waals surface area (Å²) in [5, 5.41) is 0. The van der Waals surface area contributed by atoms with Gasteiger partial charge in [-0.15, -0.1) is 0 Å². The minimum absolute atomic E-state index is 0.294. The molecule has 52 valence electrons. The molecule has 0 saturated heterocycles. The Labute approximate surface area is 55.8 Å². The van der Waals surface area contributed by atoms with Crippen LogP contribution in [0.5, 0.6) is 0 Å². The number of carbonyl (C=O) groups excluding carboxylic acids is 1. The summed E-state index contributed by atoms with van der Waals surface area (Å²) in [5.74, 6) is 1.28. The fourth-order valence-corrected chi connectivity index (χ4v) is 0.998. The normalized spacial score (nSPS) is 31.9. The zero-order valence-electron chi connectivity index (χ0n) is 6.22. The van der Waals surface area contributed by atoms with Gasteiger partial charge in [0.25, 0.3) is 0 Å². The highest BCUT2D eigenvalue weighted by Gasteiger charge is 2.39. The molecule has 0 aliphatic heterocycles. The molecule has 1 amide bonds. The summed E-state index contributed by atoms with van der Waals surface area (Å²) in [5.41, 5.74) is 0. The lowest BCUT2D eigenvalue weighted by molar-refractivity contribution is -0.130. The maximum absolute atomic E-state index is 11.0. The highest BCUT2D eigenvalue weighted by Crippen LogP contribution is 2.38. The topological polar surface area (TPSA) is 20.3 Å². The molecule has 0 aromatic heterocycles. The molecule has 0 aromatic carbocycles. The standard InChI is InChI=1S/C7H13NO/c1-5-4-6(5)7(9)8(2)3/h5-6H,4H2,1-3H3. The van der Waals surface area contributed by atoms with E-state index in [0.717, 1.165) is 6.42 Å². The first kappa shape index (κ1) is 6.59. The van der Waals surface area contributed by atoms with E-state index in [-0.39, 0.29) is 0 Å². The summed E-state index contributed by atoms with van der Waals surface area (Å²) in [6, 6.07) is 0. The molecule has 2 unspecified atom stereocenters. The molecule has 1 aliphatic rings. The molecule has 9 heavy (non-hydrogen) atoms. The van der Waals surface area contributed by atoms with Gasteiger partial charge in [0.1, 0.15) is 0 Å². The average Bonchev–Trinajstić information content (AvgIpc) is 2.44. The van der Waals surface area contributed by atoms with E-state index in [1.54, 1.807) is 4.90 Å². The number of carbonyl (C=O) groups is 1. The van der Waals surface area contributed by atoms with E-state index in [1.807, 2.05) is 14.1 Å². The highest BCUT2D eigenvalue weighted by atomic mass is 16.2. The summed E-state index contributed by atoms with van der Waals surface area (Å²) in [6.45, 7) is 2.12. The zero-order valence-corrected chi connectivity index (χ0v) is 6.22. The van der Waals surface area contributed by atoms with Crippen LogP contribution in [0.2, 0.25) is 0 Å². The van der Waals surface area contributed by atoms with Crippen molar-refractivity contribution in [2.24, 2.45) is 11.8 Å². The Morgan fingerprint density at radius 2 is 2.00 bits per heavy atom. The second-order valence-electron chi connectivity index (χ2n) is 3.05. The second kappa shape index (κ2) is 2.01. The van der Waals surface area contributed by atoms with Crippen molar-refractivity contribution in [1.29, 1.82) is 0 Å². The van der Waals surface area contributed by atoms with Gasteiger partial charge in [0.2, 0.25) is 5.91 Å². The van der Waals surface area contributed by atoms with Gasteiger partial charge < -0.3 is 4.90 Å². The van der Waals surface area contributed by atoms with Crippen molar-refractivity contribution < 1.29 is 4.79 Å². The molecule has 0 N–H and O–H groups in total. The minimum atomic E-state index is 0.294. The van der Waals surface area contributed by atoms with Crippen molar-refractivity contribution in [3.8, 4) is 0 Å². The predicted octanol–water partition coefficient (Wildman–Crippen LogP) is 0.731. The van der Waals surface area contributed by atoms with Crippen molar-refractivity contribution in [1.82, 2.24) is 4.90 Å². The Bertz CT molecular complexity index is 131. The third-order valence-corrected chi connectivity index (χ3v) is 1.87. The monoisotopic (exact) mass is 127 g/mol. The molecule has 2 atom stereocenters. The van der Waals surface area contributed by atoms with Crippen LogP contribution < -0.4 is 0 Å². The molecule has 0 spiro atoms. The quantitative estimate of drug-likeness (QED) is 0.508. The van der Waals surface area contributed by atoms with Crippen LogP contribution in [-0.2, 0) is 4.79 Å². The molecule has 1 aliphatic carbocycles. The third kappa shape index (κ3) is 1.23. The van der Waals surface area contributed by atoms with Crippen LogP contribution in [0.4, 0.5) is 0 Å². The summed E-state index contributed by atoms with van der Waals surface area (Å²) in [7, 11) is 3.63. The Balaban J connectivity index is 2.36. The molecule has 1 rings (SSSR count). The van der Waals surface area contributed by atoms with Gasteiger partial charge >= 0.3 is 0 Å². The fraction of sp³-hybridized carbons (Fsp3) is 0.857. The van der Waals surface area contributed by atoms with Crippen LogP contribution in [0.25, 0.3) is 0 Å². The maximum Gasteiger partial charge on any atom is 0.225 e. The van der Waals surface area contributed by atoms with Gasteiger partial charge in [-0.3, -0.25) is 4.79 Å². The van der Waals surface area contributed by atoms with Crippen LogP contribution in [-0.4, -0.2) is 24.9 Å². The largest absolute Gasteiger partial charge is 0.349 e. The highest BCUT2D eigenvalue weighted by molar-refractivity contribution is 5.80. The summed E-state index contributed by atoms with van der Waals surface area (Å²) >= 11 is 0. The SMILES string of the molecule is CC1CC1C(=O)N(C)C. The number of rotatable bonds is 1. The van der Waals surface area contributed by atoms with Gasteiger partial charge in [0, 0.05) is 20.0 Å². The van der Waals surface area contributed by atoms with Crippen LogP contribution in [0, 0.1) is 11.8 Å². The lowest BCUT2D eigenvalue weighted by Crippen LogP contribution is -2.23. The Morgan fingerprint density at radius 1 is 1.56 bits per heavy atom. The summed E-state index contributed by atoms with van der Waals surface area (Å²) in [6.07, 6.45) is 1.09. The van der Waals surface area contributed by atoms with E-state index in [1.165, 1.54) is 0 Å². The Kier molecular flexibility index (Phi) is 1.47. The first-order valence-electron chi connectivity index (χ1n) is 3.34. The Hall–Kier alpha value is -0.530. The molecule has 0 aromatic rings. The second-order valence-corrected chi connectivity index (χ2v) is 3.05. The first-order valence-corrected chi connectivity index (χ1v) is 3.34. The average molecular weight is 127 g/mol. The first-order chi connectivity index (χ1) is 4.13. The van der Waals surface area contributed by atoms with E-state index >= 15 is 0 Å². The number of amides is 1. The van der Waals surface area contributed by atoms with Crippen LogP contribution in [0.3, 0.4) is 0 Å². The smallest absolute Gasteiger partial charge is 0.225 e. The molecular weight excluding hydrogens is 114 g/mol. The van der Waals surface area contributed by atoms with Gasteiger partial charge in [0.15, 0.2) is 0 Å². The lowest BCUT2D eigenvalue weighted by Gasteiger charge is -2.08. The third-order valence-electron chi connectivity index (χ3n) is 1.87. The van der Waals surface area contributed by atoms with E-state index < -0.39 is 0 Å². The van der Waals surface area contributed by atoms with Gasteiger partial charge in [-0.05, 0) is 12.3 Å². The molecule has 0 bridgehead atoms. The maximum atomic E-state index is 11.0. The van der Waals surface area contributed by atoms with Crippen molar-refractivity contribution >= 4 is 5.91 Å². The minimum Gasteiger partial charge on any atom is -0.349 e. The van der Waals surface area contributed by atoms with Crippen LogP contribution in [0.15, 0.2) is 0 Å². The molecule has 0 heterocycles. The molecule has 1 fully saturated rings. The number of nitrogens with zero attached hydrogens (tertiary/aromatic N) is 1. The molecule has 2 heteroatoms.